The maximum atomic E-state index is 12.7. The van der Waals surface area contributed by atoms with E-state index in [9.17, 15) is 9.59 Å². The van der Waals surface area contributed by atoms with Crippen LogP contribution in [-0.2, 0) is 9.59 Å². The number of hydrogen-bond donors (Lipinski definition) is 1. The monoisotopic (exact) mass is 457 g/mol. The van der Waals surface area contributed by atoms with Crippen LogP contribution in [0.25, 0.3) is 0 Å². The zero-order valence-corrected chi connectivity index (χ0v) is 17.9. The van der Waals surface area contributed by atoms with Crippen LogP contribution in [0.4, 0.5) is 5.69 Å². The van der Waals surface area contributed by atoms with Crippen molar-refractivity contribution in [2.45, 2.75) is 25.4 Å². The normalized spacial score (nSPS) is 20.1. The first-order valence-corrected chi connectivity index (χ1v) is 10.6. The topological polar surface area (TPSA) is 61.9 Å². The maximum Gasteiger partial charge on any atom is 0.265 e. The number of amides is 2. The van der Waals surface area contributed by atoms with Crippen molar-refractivity contribution in [1.82, 2.24) is 10.2 Å². The van der Waals surface area contributed by atoms with Crippen molar-refractivity contribution in [3.63, 3.8) is 0 Å². The Hall–Kier alpha value is -2.38. The van der Waals surface area contributed by atoms with Gasteiger partial charge >= 0.3 is 0 Å². The largest absolute Gasteiger partial charge is 0.482 e. The number of hydrogen-bond acceptors (Lipinski definition) is 4. The molecule has 0 aliphatic carbocycles. The van der Waals surface area contributed by atoms with Crippen molar-refractivity contribution in [2.24, 2.45) is 0 Å². The van der Waals surface area contributed by atoms with E-state index in [1.54, 1.807) is 6.07 Å². The van der Waals surface area contributed by atoms with E-state index in [1.807, 2.05) is 18.2 Å². The first-order valence-electron chi connectivity index (χ1n) is 9.82. The molecule has 0 saturated carbocycles. The second-order valence-corrected chi connectivity index (χ2v) is 8.43. The van der Waals surface area contributed by atoms with Crippen LogP contribution in [0.2, 0.25) is 0 Å². The zero-order valence-electron chi connectivity index (χ0n) is 16.3. The summed E-state index contributed by atoms with van der Waals surface area (Å²) in [6.07, 6.45) is 0.906. The van der Waals surface area contributed by atoms with Gasteiger partial charge in [-0.1, -0.05) is 46.3 Å². The van der Waals surface area contributed by atoms with E-state index in [1.165, 1.54) is 10.5 Å². The fraction of sp³-hybridized carbons (Fsp3) is 0.364. The second kappa shape index (κ2) is 8.55. The van der Waals surface area contributed by atoms with Crippen molar-refractivity contribution in [2.75, 3.05) is 31.1 Å². The molecule has 6 nitrogen and oxygen atoms in total. The molecule has 1 N–H and O–H groups in total. The van der Waals surface area contributed by atoms with Crippen LogP contribution in [0.3, 0.4) is 0 Å². The van der Waals surface area contributed by atoms with Gasteiger partial charge in [0.05, 0.1) is 5.69 Å². The van der Waals surface area contributed by atoms with Gasteiger partial charge in [0, 0.05) is 29.6 Å². The lowest BCUT2D eigenvalue weighted by atomic mass is 10.1. The average molecular weight is 458 g/mol. The standard InChI is InChI=1S/C22H24BrN3O3/c1-15(16-5-3-2-4-6-16)25-10-9-18(12-25)24-21(27)13-26-19-8-7-17(23)11-20(19)29-14-22(26)28/h2-8,11,15,18H,9-10,12-14H2,1H3,(H,24,27). The van der Waals surface area contributed by atoms with Gasteiger partial charge in [-0.15, -0.1) is 0 Å². The van der Waals surface area contributed by atoms with Crippen molar-refractivity contribution >= 4 is 33.4 Å². The van der Waals surface area contributed by atoms with Crippen molar-refractivity contribution in [3.8, 4) is 5.75 Å². The van der Waals surface area contributed by atoms with Gasteiger partial charge in [-0.3, -0.25) is 19.4 Å². The lowest BCUT2D eigenvalue weighted by Gasteiger charge is -2.29. The molecule has 4 rings (SSSR count). The lowest BCUT2D eigenvalue weighted by molar-refractivity contribution is -0.125. The number of rotatable bonds is 5. The molecule has 2 atom stereocenters. The van der Waals surface area contributed by atoms with E-state index in [4.69, 9.17) is 4.74 Å². The van der Waals surface area contributed by atoms with Crippen molar-refractivity contribution < 1.29 is 14.3 Å². The first kappa shape index (κ1) is 19.9. The summed E-state index contributed by atoms with van der Waals surface area (Å²) in [5.74, 6) is 0.254. The van der Waals surface area contributed by atoms with Crippen molar-refractivity contribution in [1.29, 1.82) is 0 Å². The van der Waals surface area contributed by atoms with Gasteiger partial charge in [-0.25, -0.2) is 0 Å². The van der Waals surface area contributed by atoms with E-state index < -0.39 is 0 Å². The van der Waals surface area contributed by atoms with Crippen LogP contribution in [0.15, 0.2) is 53.0 Å². The third kappa shape index (κ3) is 4.46. The van der Waals surface area contributed by atoms with Crippen molar-refractivity contribution in [3.05, 3.63) is 58.6 Å². The van der Waals surface area contributed by atoms with Crippen LogP contribution in [0.1, 0.15) is 24.9 Å². The molecule has 2 amide bonds. The summed E-state index contributed by atoms with van der Waals surface area (Å²) in [6, 6.07) is 16.2. The van der Waals surface area contributed by atoms with Gasteiger partial charge in [0.15, 0.2) is 6.61 Å². The van der Waals surface area contributed by atoms with Gasteiger partial charge in [-0.05, 0) is 37.1 Å². The molecule has 0 bridgehead atoms. The summed E-state index contributed by atoms with van der Waals surface area (Å²) < 4.78 is 6.35. The van der Waals surface area contributed by atoms with Gasteiger partial charge in [0.1, 0.15) is 12.3 Å². The van der Waals surface area contributed by atoms with E-state index in [0.717, 1.165) is 24.0 Å². The number of ether oxygens (including phenoxy) is 1. The zero-order chi connectivity index (χ0) is 20.4. The molecular formula is C22H24BrN3O3. The van der Waals surface area contributed by atoms with Crippen LogP contribution >= 0.6 is 15.9 Å². The van der Waals surface area contributed by atoms with Gasteiger partial charge in [0.2, 0.25) is 5.91 Å². The third-order valence-corrected chi connectivity index (χ3v) is 6.07. The number of carbonyl (C=O) groups is 2. The molecular weight excluding hydrogens is 434 g/mol. The Labute approximate surface area is 178 Å². The molecule has 1 saturated heterocycles. The number of nitrogens with zero attached hydrogens (tertiary/aromatic N) is 2. The van der Waals surface area contributed by atoms with Crippen LogP contribution < -0.4 is 15.0 Å². The Morgan fingerprint density at radius 1 is 1.28 bits per heavy atom. The summed E-state index contributed by atoms with van der Waals surface area (Å²) in [5, 5.41) is 3.10. The Balaban J connectivity index is 1.35. The molecule has 0 aromatic heterocycles. The summed E-state index contributed by atoms with van der Waals surface area (Å²) >= 11 is 3.40. The summed E-state index contributed by atoms with van der Waals surface area (Å²) in [6.45, 7) is 3.89. The summed E-state index contributed by atoms with van der Waals surface area (Å²) in [5.41, 5.74) is 1.91. The predicted molar refractivity (Wildman–Crippen MR) is 115 cm³/mol. The summed E-state index contributed by atoms with van der Waals surface area (Å²) in [7, 11) is 0. The first-order chi connectivity index (χ1) is 14.0. The minimum absolute atomic E-state index is 0.00155. The van der Waals surface area contributed by atoms with E-state index in [-0.39, 0.29) is 31.0 Å². The minimum atomic E-state index is -0.208. The van der Waals surface area contributed by atoms with E-state index >= 15 is 0 Å². The Bertz CT molecular complexity index is 905. The van der Waals surface area contributed by atoms with Gasteiger partial charge in [0.25, 0.3) is 5.91 Å². The predicted octanol–water partition coefficient (Wildman–Crippen LogP) is 3.13. The highest BCUT2D eigenvalue weighted by atomic mass is 79.9. The number of fused-ring (bicyclic) bond motifs is 1. The molecule has 1 fully saturated rings. The number of benzene rings is 2. The number of anilines is 1. The SMILES string of the molecule is CC(c1ccccc1)N1CCC(NC(=O)CN2C(=O)COc3cc(Br)ccc32)C1. The molecule has 2 aromatic rings. The fourth-order valence-electron chi connectivity index (χ4n) is 3.97. The van der Waals surface area contributed by atoms with Gasteiger partial charge in [-0.2, -0.15) is 0 Å². The van der Waals surface area contributed by atoms with Gasteiger partial charge < -0.3 is 10.1 Å². The Morgan fingerprint density at radius 3 is 2.86 bits per heavy atom. The highest BCUT2D eigenvalue weighted by Gasteiger charge is 2.31. The molecule has 2 unspecified atom stereocenters. The Morgan fingerprint density at radius 2 is 2.07 bits per heavy atom. The fourth-order valence-corrected chi connectivity index (χ4v) is 4.31. The Kier molecular flexibility index (Phi) is 5.87. The third-order valence-electron chi connectivity index (χ3n) is 5.58. The maximum absolute atomic E-state index is 12.7. The van der Waals surface area contributed by atoms with E-state index in [0.29, 0.717) is 17.5 Å². The molecule has 2 aliphatic rings. The molecule has 2 aromatic carbocycles. The van der Waals surface area contributed by atoms with E-state index in [2.05, 4.69) is 57.3 Å². The second-order valence-electron chi connectivity index (χ2n) is 7.52. The highest BCUT2D eigenvalue weighted by Crippen LogP contribution is 2.34. The molecule has 2 aliphatic heterocycles. The summed E-state index contributed by atoms with van der Waals surface area (Å²) in [4.78, 5) is 28.9. The minimum Gasteiger partial charge on any atom is -0.482 e. The highest BCUT2D eigenvalue weighted by molar-refractivity contribution is 9.10. The van der Waals surface area contributed by atoms with Crippen LogP contribution in [0.5, 0.6) is 5.75 Å². The molecule has 152 valence electrons. The average Bonchev–Trinajstić information content (AvgIpc) is 3.18. The number of halogens is 1. The van der Waals surface area contributed by atoms with Crippen LogP contribution in [-0.4, -0.2) is 49.0 Å². The molecule has 7 heteroatoms. The molecule has 2 heterocycles. The molecule has 0 spiro atoms. The number of nitrogens with one attached hydrogen (secondary N) is 1. The smallest absolute Gasteiger partial charge is 0.265 e. The number of carbonyl (C=O) groups excluding carboxylic acids is 2. The molecule has 0 radical (unpaired) electrons. The molecule has 29 heavy (non-hydrogen) atoms. The number of likely N-dealkylation sites (tertiary alicyclic amines) is 1. The quantitative estimate of drug-likeness (QED) is 0.748. The van der Waals surface area contributed by atoms with Crippen LogP contribution in [0, 0.1) is 0 Å². The lowest BCUT2D eigenvalue weighted by Crippen LogP contribution is -2.47.